The quantitative estimate of drug-likeness (QED) is 0.822. The lowest BCUT2D eigenvalue weighted by Crippen LogP contribution is -2.48. The second-order valence-corrected chi connectivity index (χ2v) is 7.96. The Bertz CT molecular complexity index is 804. The molecule has 2 aromatic carbocycles. The largest absolute Gasteiger partial charge is 0.369 e. The van der Waals surface area contributed by atoms with Gasteiger partial charge in [-0.15, -0.1) is 0 Å². The zero-order valence-corrected chi connectivity index (χ0v) is 17.0. The van der Waals surface area contributed by atoms with E-state index in [1.54, 1.807) is 0 Å². The van der Waals surface area contributed by atoms with E-state index in [0.717, 1.165) is 63.5 Å². The van der Waals surface area contributed by atoms with E-state index in [1.807, 2.05) is 36.1 Å². The molecule has 2 saturated heterocycles. The Hall–Kier alpha value is -2.53. The number of carbonyl (C=O) groups excluding carboxylic acids is 1. The molecule has 1 amide bonds. The van der Waals surface area contributed by atoms with Gasteiger partial charge in [-0.2, -0.15) is 0 Å². The van der Waals surface area contributed by atoms with E-state index < -0.39 is 0 Å². The Balaban J connectivity index is 1.34. The van der Waals surface area contributed by atoms with Crippen LogP contribution in [0.5, 0.6) is 0 Å². The third-order valence-corrected chi connectivity index (χ3v) is 5.92. The molecule has 2 aromatic rings. The molecule has 0 aliphatic carbocycles. The highest BCUT2D eigenvalue weighted by Gasteiger charge is 2.22. The summed E-state index contributed by atoms with van der Waals surface area (Å²) in [5.74, 6) is 0.147. The zero-order chi connectivity index (χ0) is 19.5. The molecule has 0 radical (unpaired) electrons. The fourth-order valence-corrected chi connectivity index (χ4v) is 4.07. The summed E-state index contributed by atoms with van der Waals surface area (Å²) in [5.41, 5.74) is 4.49. The Morgan fingerprint density at radius 2 is 1.29 bits per heavy atom. The molecule has 2 fully saturated rings. The number of hydrogen-bond acceptors (Lipinski definition) is 4. The van der Waals surface area contributed by atoms with Gasteiger partial charge in [0.15, 0.2) is 0 Å². The molecule has 0 spiro atoms. The predicted molar refractivity (Wildman–Crippen MR) is 115 cm³/mol. The first kappa shape index (κ1) is 18.8. The summed E-state index contributed by atoms with van der Waals surface area (Å²) in [6.07, 6.45) is 0. The molecule has 0 unspecified atom stereocenters. The normalized spacial score (nSPS) is 18.4. The van der Waals surface area contributed by atoms with Gasteiger partial charge in [-0.3, -0.25) is 4.79 Å². The van der Waals surface area contributed by atoms with E-state index in [0.29, 0.717) is 0 Å². The van der Waals surface area contributed by atoms with Crippen LogP contribution in [0.2, 0.25) is 0 Å². The molecule has 0 bridgehead atoms. The number of likely N-dealkylation sites (N-methyl/N-ethyl adjacent to an activating group) is 1. The van der Waals surface area contributed by atoms with Crippen LogP contribution in [-0.4, -0.2) is 75.1 Å². The Kier molecular flexibility index (Phi) is 5.53. The second-order valence-electron chi connectivity index (χ2n) is 7.96. The number of piperazine rings is 2. The fraction of sp³-hybridized carbons (Fsp3) is 0.435. The van der Waals surface area contributed by atoms with Gasteiger partial charge in [0.05, 0.1) is 0 Å². The maximum Gasteiger partial charge on any atom is 0.253 e. The number of aryl methyl sites for hydroxylation is 1. The van der Waals surface area contributed by atoms with E-state index >= 15 is 0 Å². The van der Waals surface area contributed by atoms with Crippen molar-refractivity contribution < 1.29 is 4.79 Å². The maximum absolute atomic E-state index is 12.7. The van der Waals surface area contributed by atoms with Gasteiger partial charge in [0.25, 0.3) is 5.91 Å². The van der Waals surface area contributed by atoms with Crippen LogP contribution < -0.4 is 9.80 Å². The lowest BCUT2D eigenvalue weighted by molar-refractivity contribution is 0.0746. The predicted octanol–water partition coefficient (Wildman–Crippen LogP) is 2.71. The van der Waals surface area contributed by atoms with Crippen LogP contribution >= 0.6 is 0 Å². The number of anilines is 2. The molecule has 0 atom stereocenters. The van der Waals surface area contributed by atoms with E-state index in [2.05, 4.69) is 46.0 Å². The minimum absolute atomic E-state index is 0.147. The van der Waals surface area contributed by atoms with Crippen molar-refractivity contribution in [1.82, 2.24) is 9.80 Å². The molecule has 0 N–H and O–H groups in total. The summed E-state index contributed by atoms with van der Waals surface area (Å²) < 4.78 is 0. The summed E-state index contributed by atoms with van der Waals surface area (Å²) >= 11 is 0. The first-order chi connectivity index (χ1) is 13.6. The minimum atomic E-state index is 0.147. The van der Waals surface area contributed by atoms with Gasteiger partial charge >= 0.3 is 0 Å². The van der Waals surface area contributed by atoms with Gasteiger partial charge in [0, 0.05) is 69.3 Å². The van der Waals surface area contributed by atoms with Crippen LogP contribution in [-0.2, 0) is 0 Å². The monoisotopic (exact) mass is 378 g/mol. The van der Waals surface area contributed by atoms with Gasteiger partial charge in [-0.25, -0.2) is 0 Å². The summed E-state index contributed by atoms with van der Waals surface area (Å²) in [7, 11) is 2.18. The van der Waals surface area contributed by atoms with Crippen molar-refractivity contribution in [2.75, 3.05) is 69.2 Å². The average Bonchev–Trinajstić information content (AvgIpc) is 2.74. The maximum atomic E-state index is 12.7. The van der Waals surface area contributed by atoms with Crippen LogP contribution in [0.1, 0.15) is 15.9 Å². The van der Waals surface area contributed by atoms with Gasteiger partial charge in [0.2, 0.25) is 0 Å². The molecule has 5 heteroatoms. The Morgan fingerprint density at radius 3 is 1.82 bits per heavy atom. The SMILES string of the molecule is Cc1cccc(C(=O)N2CCN(c3ccc(N4CCN(C)CC4)cc3)CC2)c1. The summed E-state index contributed by atoms with van der Waals surface area (Å²) in [6, 6.07) is 16.8. The second kappa shape index (κ2) is 8.23. The molecule has 28 heavy (non-hydrogen) atoms. The van der Waals surface area contributed by atoms with Crippen molar-refractivity contribution in [1.29, 1.82) is 0 Å². The van der Waals surface area contributed by atoms with Crippen LogP contribution in [0.25, 0.3) is 0 Å². The summed E-state index contributed by atoms with van der Waals surface area (Å²) in [5, 5.41) is 0. The Labute approximate surface area is 168 Å². The van der Waals surface area contributed by atoms with E-state index in [1.165, 1.54) is 11.4 Å². The van der Waals surface area contributed by atoms with Crippen molar-refractivity contribution in [2.45, 2.75) is 6.92 Å². The third-order valence-electron chi connectivity index (χ3n) is 5.92. The summed E-state index contributed by atoms with van der Waals surface area (Å²) in [6.45, 7) is 9.76. The minimum Gasteiger partial charge on any atom is -0.369 e. The number of carbonyl (C=O) groups is 1. The van der Waals surface area contributed by atoms with Crippen LogP contribution in [0, 0.1) is 6.92 Å². The first-order valence-electron chi connectivity index (χ1n) is 10.2. The lowest BCUT2D eigenvalue weighted by atomic mass is 10.1. The molecule has 2 aliphatic rings. The molecule has 0 saturated carbocycles. The smallest absolute Gasteiger partial charge is 0.253 e. The topological polar surface area (TPSA) is 30.0 Å². The third kappa shape index (κ3) is 4.14. The highest BCUT2D eigenvalue weighted by atomic mass is 16.2. The van der Waals surface area contributed by atoms with Crippen molar-refractivity contribution >= 4 is 17.3 Å². The molecule has 5 nitrogen and oxygen atoms in total. The van der Waals surface area contributed by atoms with Gasteiger partial charge < -0.3 is 19.6 Å². The first-order valence-corrected chi connectivity index (χ1v) is 10.2. The average molecular weight is 379 g/mol. The molecule has 4 rings (SSSR count). The van der Waals surface area contributed by atoms with E-state index in [4.69, 9.17) is 0 Å². The van der Waals surface area contributed by atoms with Crippen LogP contribution in [0.15, 0.2) is 48.5 Å². The van der Waals surface area contributed by atoms with Gasteiger partial charge in [-0.1, -0.05) is 17.7 Å². The number of hydrogen-bond donors (Lipinski definition) is 0. The molecule has 0 aromatic heterocycles. The van der Waals surface area contributed by atoms with Crippen molar-refractivity contribution in [2.24, 2.45) is 0 Å². The lowest BCUT2D eigenvalue weighted by Gasteiger charge is -2.37. The standard InChI is InChI=1S/C23H30N4O/c1-19-4-3-5-20(18-19)23(28)27-16-14-26(15-17-27)22-8-6-21(7-9-22)25-12-10-24(2)11-13-25/h3-9,18H,10-17H2,1-2H3. The Morgan fingerprint density at radius 1 is 0.750 bits per heavy atom. The van der Waals surface area contributed by atoms with Crippen LogP contribution in [0.4, 0.5) is 11.4 Å². The number of amides is 1. The fourth-order valence-electron chi connectivity index (χ4n) is 4.07. The number of benzene rings is 2. The van der Waals surface area contributed by atoms with Gasteiger partial charge in [0.1, 0.15) is 0 Å². The highest BCUT2D eigenvalue weighted by Crippen LogP contribution is 2.23. The van der Waals surface area contributed by atoms with E-state index in [9.17, 15) is 4.79 Å². The van der Waals surface area contributed by atoms with Gasteiger partial charge in [-0.05, 0) is 50.4 Å². The summed E-state index contributed by atoms with van der Waals surface area (Å²) in [4.78, 5) is 21.9. The van der Waals surface area contributed by atoms with Crippen LogP contribution in [0.3, 0.4) is 0 Å². The van der Waals surface area contributed by atoms with E-state index in [-0.39, 0.29) is 5.91 Å². The van der Waals surface area contributed by atoms with Crippen molar-refractivity contribution in [3.8, 4) is 0 Å². The molecule has 2 heterocycles. The number of nitrogens with zero attached hydrogens (tertiary/aromatic N) is 4. The molecular weight excluding hydrogens is 348 g/mol. The molecule has 2 aliphatic heterocycles. The van der Waals surface area contributed by atoms with Crippen molar-refractivity contribution in [3.05, 3.63) is 59.7 Å². The van der Waals surface area contributed by atoms with Crippen molar-refractivity contribution in [3.63, 3.8) is 0 Å². The number of rotatable bonds is 3. The zero-order valence-electron chi connectivity index (χ0n) is 17.0. The molecule has 148 valence electrons. The highest BCUT2D eigenvalue weighted by molar-refractivity contribution is 5.94. The molecular formula is C23H30N4O.